The molecular formula is C13H19ClN4. The highest BCUT2D eigenvalue weighted by Gasteiger charge is 2.26. The topological polar surface area (TPSA) is 32.3 Å². The average Bonchev–Trinajstić information content (AvgIpc) is 2.93. The Morgan fingerprint density at radius 3 is 2.44 bits per heavy atom. The van der Waals surface area contributed by atoms with Crippen LogP contribution in [0.2, 0.25) is 5.15 Å². The molecule has 1 aromatic heterocycles. The number of piperazine rings is 1. The number of anilines is 1. The van der Waals surface area contributed by atoms with Gasteiger partial charge in [-0.15, -0.1) is 0 Å². The Morgan fingerprint density at radius 1 is 1.06 bits per heavy atom. The highest BCUT2D eigenvalue weighted by Crippen LogP contribution is 2.25. The molecule has 5 heteroatoms. The van der Waals surface area contributed by atoms with Gasteiger partial charge in [0.25, 0.3) is 0 Å². The first kappa shape index (κ1) is 12.2. The average molecular weight is 267 g/mol. The maximum atomic E-state index is 5.91. The molecular weight excluding hydrogens is 248 g/mol. The second-order valence-corrected chi connectivity index (χ2v) is 5.55. The number of hydrogen-bond donors (Lipinski definition) is 0. The van der Waals surface area contributed by atoms with Crippen LogP contribution < -0.4 is 4.90 Å². The van der Waals surface area contributed by atoms with Gasteiger partial charge in [0.15, 0.2) is 0 Å². The lowest BCUT2D eigenvalue weighted by atomic mass is 10.2. The van der Waals surface area contributed by atoms with Crippen molar-refractivity contribution in [1.82, 2.24) is 14.9 Å². The molecule has 0 spiro atoms. The summed E-state index contributed by atoms with van der Waals surface area (Å²) in [6.07, 6.45) is 7.14. The van der Waals surface area contributed by atoms with Crippen molar-refractivity contribution in [2.75, 3.05) is 31.1 Å². The van der Waals surface area contributed by atoms with Crippen LogP contribution in [0.1, 0.15) is 25.7 Å². The Hall–Kier alpha value is -0.870. The third-order valence-corrected chi connectivity index (χ3v) is 4.31. The quantitative estimate of drug-likeness (QED) is 0.769. The van der Waals surface area contributed by atoms with Crippen LogP contribution in [0.15, 0.2) is 12.4 Å². The molecule has 1 saturated heterocycles. The highest BCUT2D eigenvalue weighted by atomic mass is 35.5. The summed E-state index contributed by atoms with van der Waals surface area (Å²) < 4.78 is 0. The summed E-state index contributed by atoms with van der Waals surface area (Å²) in [7, 11) is 0. The summed E-state index contributed by atoms with van der Waals surface area (Å²) in [5, 5.41) is 0.526. The largest absolute Gasteiger partial charge is 0.354 e. The Balaban J connectivity index is 1.59. The van der Waals surface area contributed by atoms with Crippen molar-refractivity contribution in [2.24, 2.45) is 0 Å². The molecule has 2 aliphatic rings. The number of aromatic nitrogens is 2. The second kappa shape index (κ2) is 5.41. The molecule has 1 saturated carbocycles. The zero-order chi connectivity index (χ0) is 12.4. The first-order chi connectivity index (χ1) is 8.83. The van der Waals surface area contributed by atoms with Crippen LogP contribution in [-0.4, -0.2) is 47.1 Å². The van der Waals surface area contributed by atoms with E-state index in [0.29, 0.717) is 5.15 Å². The maximum Gasteiger partial charge on any atom is 0.134 e. The molecule has 98 valence electrons. The van der Waals surface area contributed by atoms with Crippen LogP contribution in [0.25, 0.3) is 0 Å². The van der Waals surface area contributed by atoms with Gasteiger partial charge in [0.1, 0.15) is 17.3 Å². The SMILES string of the molecule is Clc1cc(N2CCN(C3CCCC3)CC2)ncn1. The zero-order valence-corrected chi connectivity index (χ0v) is 11.3. The molecule has 0 atom stereocenters. The van der Waals surface area contributed by atoms with Gasteiger partial charge in [-0.3, -0.25) is 4.90 Å². The van der Waals surface area contributed by atoms with E-state index in [0.717, 1.165) is 38.0 Å². The van der Waals surface area contributed by atoms with E-state index in [1.165, 1.54) is 25.7 Å². The Bertz CT molecular complexity index is 398. The van der Waals surface area contributed by atoms with Crippen LogP contribution >= 0.6 is 11.6 Å². The van der Waals surface area contributed by atoms with Crippen molar-refractivity contribution >= 4 is 17.4 Å². The van der Waals surface area contributed by atoms with E-state index in [9.17, 15) is 0 Å². The molecule has 0 aromatic carbocycles. The van der Waals surface area contributed by atoms with Crippen molar-refractivity contribution < 1.29 is 0 Å². The van der Waals surface area contributed by atoms with Gasteiger partial charge in [0.2, 0.25) is 0 Å². The number of halogens is 1. The van der Waals surface area contributed by atoms with E-state index < -0.39 is 0 Å². The van der Waals surface area contributed by atoms with Crippen molar-refractivity contribution in [3.8, 4) is 0 Å². The maximum absolute atomic E-state index is 5.91. The highest BCUT2D eigenvalue weighted by molar-refractivity contribution is 6.29. The standard InChI is InChI=1S/C13H19ClN4/c14-12-9-13(16-10-15-12)18-7-5-17(6-8-18)11-3-1-2-4-11/h9-11H,1-8H2. The fourth-order valence-corrected chi connectivity index (χ4v) is 3.22. The van der Waals surface area contributed by atoms with Gasteiger partial charge in [-0.05, 0) is 12.8 Å². The molecule has 3 rings (SSSR count). The Kier molecular flexibility index (Phi) is 3.66. The number of hydrogen-bond acceptors (Lipinski definition) is 4. The van der Waals surface area contributed by atoms with E-state index in [1.54, 1.807) is 6.33 Å². The zero-order valence-electron chi connectivity index (χ0n) is 10.6. The van der Waals surface area contributed by atoms with Crippen molar-refractivity contribution in [3.05, 3.63) is 17.5 Å². The van der Waals surface area contributed by atoms with Crippen LogP contribution in [0.4, 0.5) is 5.82 Å². The van der Waals surface area contributed by atoms with Gasteiger partial charge < -0.3 is 4.90 Å². The third-order valence-electron chi connectivity index (χ3n) is 4.10. The molecule has 4 nitrogen and oxygen atoms in total. The van der Waals surface area contributed by atoms with Crippen molar-refractivity contribution in [3.63, 3.8) is 0 Å². The van der Waals surface area contributed by atoms with E-state index in [-0.39, 0.29) is 0 Å². The minimum atomic E-state index is 0.526. The minimum Gasteiger partial charge on any atom is -0.354 e. The first-order valence-corrected chi connectivity index (χ1v) is 7.17. The molecule has 1 aliphatic carbocycles. The lowest BCUT2D eigenvalue weighted by Crippen LogP contribution is -2.50. The van der Waals surface area contributed by atoms with Crippen LogP contribution in [0.3, 0.4) is 0 Å². The molecule has 0 unspecified atom stereocenters. The molecule has 18 heavy (non-hydrogen) atoms. The third kappa shape index (κ3) is 2.59. The molecule has 0 amide bonds. The summed E-state index contributed by atoms with van der Waals surface area (Å²) in [6, 6.07) is 2.69. The second-order valence-electron chi connectivity index (χ2n) is 5.16. The summed E-state index contributed by atoms with van der Waals surface area (Å²) in [5.74, 6) is 0.959. The predicted molar refractivity (Wildman–Crippen MR) is 73.1 cm³/mol. The lowest BCUT2D eigenvalue weighted by molar-refractivity contribution is 0.187. The van der Waals surface area contributed by atoms with Crippen molar-refractivity contribution in [2.45, 2.75) is 31.7 Å². The van der Waals surface area contributed by atoms with Gasteiger partial charge in [-0.25, -0.2) is 9.97 Å². The summed E-state index contributed by atoms with van der Waals surface area (Å²) >= 11 is 5.91. The summed E-state index contributed by atoms with van der Waals surface area (Å²) in [6.45, 7) is 4.38. The van der Waals surface area contributed by atoms with Gasteiger partial charge in [0, 0.05) is 38.3 Å². The van der Waals surface area contributed by atoms with Crippen molar-refractivity contribution in [1.29, 1.82) is 0 Å². The van der Waals surface area contributed by atoms with Crippen LogP contribution in [0, 0.1) is 0 Å². The summed E-state index contributed by atoms with van der Waals surface area (Å²) in [4.78, 5) is 13.2. The molecule has 2 fully saturated rings. The van der Waals surface area contributed by atoms with Gasteiger partial charge in [0.05, 0.1) is 0 Å². The molecule has 1 aromatic rings. The predicted octanol–water partition coefficient (Wildman–Crippen LogP) is 2.19. The molecule has 2 heterocycles. The normalized spacial score (nSPS) is 22.6. The summed E-state index contributed by atoms with van der Waals surface area (Å²) in [5.41, 5.74) is 0. The van der Waals surface area contributed by atoms with Crippen LogP contribution in [-0.2, 0) is 0 Å². The fraction of sp³-hybridized carbons (Fsp3) is 0.692. The molecule has 0 radical (unpaired) electrons. The lowest BCUT2D eigenvalue weighted by Gasteiger charge is -2.38. The van der Waals surface area contributed by atoms with Gasteiger partial charge in [-0.2, -0.15) is 0 Å². The Labute approximate surface area is 113 Å². The monoisotopic (exact) mass is 266 g/mol. The van der Waals surface area contributed by atoms with E-state index in [2.05, 4.69) is 19.8 Å². The Morgan fingerprint density at radius 2 is 1.78 bits per heavy atom. The van der Waals surface area contributed by atoms with E-state index >= 15 is 0 Å². The van der Waals surface area contributed by atoms with E-state index in [1.807, 2.05) is 6.07 Å². The van der Waals surface area contributed by atoms with Gasteiger partial charge >= 0.3 is 0 Å². The van der Waals surface area contributed by atoms with E-state index in [4.69, 9.17) is 11.6 Å². The molecule has 1 aliphatic heterocycles. The number of nitrogens with zero attached hydrogens (tertiary/aromatic N) is 4. The first-order valence-electron chi connectivity index (χ1n) is 6.79. The minimum absolute atomic E-state index is 0.526. The van der Waals surface area contributed by atoms with Crippen LogP contribution in [0.5, 0.6) is 0 Å². The number of rotatable bonds is 2. The molecule has 0 N–H and O–H groups in total. The smallest absolute Gasteiger partial charge is 0.134 e. The fourth-order valence-electron chi connectivity index (χ4n) is 3.08. The molecule has 0 bridgehead atoms. The van der Waals surface area contributed by atoms with Gasteiger partial charge in [-0.1, -0.05) is 24.4 Å².